The third-order valence-corrected chi connectivity index (χ3v) is 3.73. The molecule has 0 heterocycles. The lowest BCUT2D eigenvalue weighted by Gasteiger charge is -2.06. The molecule has 0 aliphatic carbocycles. The van der Waals surface area contributed by atoms with Crippen molar-refractivity contribution in [2.45, 2.75) is 4.90 Å². The van der Waals surface area contributed by atoms with Crippen molar-refractivity contribution in [3.63, 3.8) is 0 Å². The molecule has 0 spiro atoms. The molecular weight excluding hydrogens is 282 g/mol. The van der Waals surface area contributed by atoms with Crippen molar-refractivity contribution in [3.8, 4) is 11.1 Å². The van der Waals surface area contributed by atoms with Crippen molar-refractivity contribution in [2.24, 2.45) is 0 Å². The predicted molar refractivity (Wildman–Crippen MR) is 64.8 cm³/mol. The van der Waals surface area contributed by atoms with Gasteiger partial charge in [-0.15, -0.1) is 0 Å². The van der Waals surface area contributed by atoms with Crippen LogP contribution in [0.15, 0.2) is 47.4 Å². The van der Waals surface area contributed by atoms with E-state index in [2.05, 4.69) is 0 Å². The summed E-state index contributed by atoms with van der Waals surface area (Å²) in [5.74, 6) is -1.36. The molecular formula is C12H7ClF2O2S. The van der Waals surface area contributed by atoms with Crippen molar-refractivity contribution >= 4 is 19.7 Å². The van der Waals surface area contributed by atoms with Crippen LogP contribution in [-0.2, 0) is 9.05 Å². The number of hydrogen-bond donors (Lipinski definition) is 0. The molecule has 0 unspecified atom stereocenters. The smallest absolute Gasteiger partial charge is 0.207 e. The normalized spacial score (nSPS) is 11.5. The Morgan fingerprint density at radius 3 is 2.11 bits per heavy atom. The average molecular weight is 289 g/mol. The number of halogens is 3. The van der Waals surface area contributed by atoms with Crippen molar-refractivity contribution in [3.05, 3.63) is 54.1 Å². The molecule has 2 aromatic carbocycles. The van der Waals surface area contributed by atoms with E-state index in [0.29, 0.717) is 0 Å². The first-order valence-corrected chi connectivity index (χ1v) is 7.19. The maximum absolute atomic E-state index is 13.6. The Morgan fingerprint density at radius 2 is 1.50 bits per heavy atom. The maximum Gasteiger partial charge on any atom is 0.261 e. The molecule has 0 saturated carbocycles. The lowest BCUT2D eigenvalue weighted by atomic mass is 10.0. The predicted octanol–water partition coefficient (Wildman–Crippen LogP) is 3.56. The molecule has 0 N–H and O–H groups in total. The fourth-order valence-corrected chi connectivity index (χ4v) is 2.32. The van der Waals surface area contributed by atoms with Gasteiger partial charge in [0, 0.05) is 21.8 Å². The summed E-state index contributed by atoms with van der Waals surface area (Å²) in [5.41, 5.74) is -0.160. The van der Waals surface area contributed by atoms with Gasteiger partial charge in [-0.3, -0.25) is 0 Å². The lowest BCUT2D eigenvalue weighted by Crippen LogP contribution is -1.94. The summed E-state index contributed by atoms with van der Waals surface area (Å²) in [6.45, 7) is 0. The zero-order chi connectivity index (χ0) is 13.3. The Morgan fingerprint density at radius 1 is 0.889 bits per heavy atom. The molecule has 0 radical (unpaired) electrons. The van der Waals surface area contributed by atoms with E-state index in [1.54, 1.807) is 0 Å². The van der Waals surface area contributed by atoms with Gasteiger partial charge in [-0.1, -0.05) is 18.2 Å². The third-order valence-electron chi connectivity index (χ3n) is 2.38. The second-order valence-electron chi connectivity index (χ2n) is 3.56. The molecule has 2 nitrogen and oxygen atoms in total. The van der Waals surface area contributed by atoms with Crippen molar-refractivity contribution in [1.29, 1.82) is 0 Å². The average Bonchev–Trinajstić information content (AvgIpc) is 2.29. The van der Waals surface area contributed by atoms with Gasteiger partial charge in [0.15, 0.2) is 0 Å². The Kier molecular flexibility index (Phi) is 3.36. The molecule has 2 aromatic rings. The highest BCUT2D eigenvalue weighted by atomic mass is 35.7. The Hall–Kier alpha value is -1.46. The summed E-state index contributed by atoms with van der Waals surface area (Å²) < 4.78 is 49.5. The number of rotatable bonds is 2. The highest BCUT2D eigenvalue weighted by Gasteiger charge is 2.15. The van der Waals surface area contributed by atoms with Gasteiger partial charge in [0.1, 0.15) is 11.6 Å². The van der Waals surface area contributed by atoms with Crippen LogP contribution in [0, 0.1) is 11.6 Å². The summed E-state index contributed by atoms with van der Waals surface area (Å²) in [4.78, 5) is -0.274. The molecule has 0 saturated heterocycles. The topological polar surface area (TPSA) is 34.1 Å². The van der Waals surface area contributed by atoms with Gasteiger partial charge in [0.05, 0.1) is 4.90 Å². The first-order chi connectivity index (χ1) is 8.39. The molecule has 0 bridgehead atoms. The molecule has 94 valence electrons. The van der Waals surface area contributed by atoms with Crippen LogP contribution in [0.1, 0.15) is 0 Å². The molecule has 0 amide bonds. The van der Waals surface area contributed by atoms with Gasteiger partial charge in [-0.25, -0.2) is 17.2 Å². The molecule has 18 heavy (non-hydrogen) atoms. The van der Waals surface area contributed by atoms with Crippen LogP contribution in [0.2, 0.25) is 0 Å². The summed E-state index contributed by atoms with van der Waals surface area (Å²) in [6, 6.07) is 8.49. The molecule has 6 heteroatoms. The second kappa shape index (κ2) is 4.66. The van der Waals surface area contributed by atoms with E-state index in [0.717, 1.165) is 24.3 Å². The lowest BCUT2D eigenvalue weighted by molar-refractivity contribution is 0.606. The summed E-state index contributed by atoms with van der Waals surface area (Å²) >= 11 is 0. The van der Waals surface area contributed by atoms with E-state index in [-0.39, 0.29) is 16.0 Å². The largest absolute Gasteiger partial charge is 0.261 e. The van der Waals surface area contributed by atoms with E-state index >= 15 is 0 Å². The van der Waals surface area contributed by atoms with Gasteiger partial charge in [-0.05, 0) is 24.3 Å². The maximum atomic E-state index is 13.6. The summed E-state index contributed by atoms with van der Waals surface area (Å²) in [6.07, 6.45) is 0. The van der Waals surface area contributed by atoms with Crippen LogP contribution in [0.25, 0.3) is 11.1 Å². The van der Waals surface area contributed by atoms with Gasteiger partial charge in [-0.2, -0.15) is 0 Å². The van der Waals surface area contributed by atoms with E-state index in [1.807, 2.05) is 0 Å². The minimum absolute atomic E-state index is 0.0165. The van der Waals surface area contributed by atoms with Gasteiger partial charge >= 0.3 is 0 Å². The van der Waals surface area contributed by atoms with Crippen molar-refractivity contribution in [1.82, 2.24) is 0 Å². The van der Waals surface area contributed by atoms with Crippen LogP contribution in [0.3, 0.4) is 0 Å². The third kappa shape index (κ3) is 2.52. The zero-order valence-corrected chi connectivity index (χ0v) is 10.5. The van der Waals surface area contributed by atoms with Gasteiger partial charge in [0.2, 0.25) is 0 Å². The standard InChI is InChI=1S/C12H7ClF2O2S/c13-18(16,17)8-5-6-12(15)10(7-8)9-3-1-2-4-11(9)14/h1-7H. The molecule has 0 atom stereocenters. The number of benzene rings is 2. The Balaban J connectivity index is 2.69. The summed E-state index contributed by atoms with van der Waals surface area (Å²) in [5, 5.41) is 0. The SMILES string of the molecule is O=S(=O)(Cl)c1ccc(F)c(-c2ccccc2F)c1. The highest BCUT2D eigenvalue weighted by Crippen LogP contribution is 2.28. The quantitative estimate of drug-likeness (QED) is 0.792. The Bertz CT molecular complexity index is 699. The molecule has 0 fully saturated rings. The van der Waals surface area contributed by atoms with Crippen LogP contribution in [0.5, 0.6) is 0 Å². The monoisotopic (exact) mass is 288 g/mol. The fraction of sp³-hybridized carbons (Fsp3) is 0. The van der Waals surface area contributed by atoms with Crippen LogP contribution in [0.4, 0.5) is 8.78 Å². The van der Waals surface area contributed by atoms with E-state index < -0.39 is 20.7 Å². The fourth-order valence-electron chi connectivity index (χ4n) is 1.54. The van der Waals surface area contributed by atoms with Gasteiger partial charge < -0.3 is 0 Å². The molecule has 0 aliphatic rings. The van der Waals surface area contributed by atoms with Crippen LogP contribution in [-0.4, -0.2) is 8.42 Å². The first kappa shape index (κ1) is 13.0. The molecule has 0 aliphatic heterocycles. The Labute approximate surface area is 107 Å². The minimum atomic E-state index is -3.98. The van der Waals surface area contributed by atoms with E-state index in [1.165, 1.54) is 18.2 Å². The van der Waals surface area contributed by atoms with Crippen molar-refractivity contribution < 1.29 is 17.2 Å². The van der Waals surface area contributed by atoms with Gasteiger partial charge in [0.25, 0.3) is 9.05 Å². The minimum Gasteiger partial charge on any atom is -0.207 e. The second-order valence-corrected chi connectivity index (χ2v) is 6.13. The van der Waals surface area contributed by atoms with Crippen LogP contribution < -0.4 is 0 Å². The van der Waals surface area contributed by atoms with E-state index in [4.69, 9.17) is 10.7 Å². The molecule has 2 rings (SSSR count). The highest BCUT2D eigenvalue weighted by molar-refractivity contribution is 8.13. The summed E-state index contributed by atoms with van der Waals surface area (Å²) in [7, 11) is 1.19. The van der Waals surface area contributed by atoms with Crippen LogP contribution >= 0.6 is 10.7 Å². The first-order valence-electron chi connectivity index (χ1n) is 4.89. The number of hydrogen-bond acceptors (Lipinski definition) is 2. The zero-order valence-electron chi connectivity index (χ0n) is 8.90. The van der Waals surface area contributed by atoms with E-state index in [9.17, 15) is 17.2 Å². The van der Waals surface area contributed by atoms with Crippen molar-refractivity contribution in [2.75, 3.05) is 0 Å². The molecule has 0 aromatic heterocycles.